The van der Waals surface area contributed by atoms with E-state index in [-0.39, 0.29) is 11.4 Å². The lowest BCUT2D eigenvalue weighted by Gasteiger charge is -2.43. The van der Waals surface area contributed by atoms with E-state index in [2.05, 4.69) is 25.7 Å². The summed E-state index contributed by atoms with van der Waals surface area (Å²) in [5, 5.41) is 0. The number of nitrogens with two attached hydrogens (primary N) is 1. The summed E-state index contributed by atoms with van der Waals surface area (Å²) in [6, 6.07) is 0. The van der Waals surface area contributed by atoms with Crippen molar-refractivity contribution in [3.63, 3.8) is 0 Å². The van der Waals surface area contributed by atoms with Crippen molar-refractivity contribution >= 4 is 5.91 Å². The van der Waals surface area contributed by atoms with Gasteiger partial charge in [0, 0.05) is 44.9 Å². The number of carbonyl (C=O) groups excluding carboxylic acids is 1. The highest BCUT2D eigenvalue weighted by atomic mass is 16.5. The molecular weight excluding hydrogens is 242 g/mol. The third-order valence-corrected chi connectivity index (χ3v) is 3.80. The molecule has 1 rings (SSSR count). The summed E-state index contributed by atoms with van der Waals surface area (Å²) in [5.74, 6) is 0.210. The van der Waals surface area contributed by atoms with E-state index in [1.807, 2.05) is 4.90 Å². The van der Waals surface area contributed by atoms with Crippen molar-refractivity contribution in [2.24, 2.45) is 5.73 Å². The van der Waals surface area contributed by atoms with Gasteiger partial charge in [-0.15, -0.1) is 0 Å². The van der Waals surface area contributed by atoms with Crippen LogP contribution >= 0.6 is 0 Å². The molecule has 1 aliphatic heterocycles. The topological polar surface area (TPSA) is 58.8 Å². The van der Waals surface area contributed by atoms with Gasteiger partial charge in [0.25, 0.3) is 0 Å². The summed E-state index contributed by atoms with van der Waals surface area (Å²) < 4.78 is 5.36. The molecule has 1 heterocycles. The molecule has 5 nitrogen and oxygen atoms in total. The van der Waals surface area contributed by atoms with E-state index in [0.29, 0.717) is 19.6 Å². The fraction of sp³-hybridized carbons (Fsp3) is 0.929. The molecule has 0 spiro atoms. The van der Waals surface area contributed by atoms with E-state index in [0.717, 1.165) is 39.2 Å². The molecule has 1 amide bonds. The van der Waals surface area contributed by atoms with Crippen molar-refractivity contribution < 1.29 is 9.53 Å². The van der Waals surface area contributed by atoms with E-state index < -0.39 is 0 Å². The minimum atomic E-state index is 0.0272. The zero-order valence-electron chi connectivity index (χ0n) is 12.7. The molecule has 0 unspecified atom stereocenters. The Hall–Kier alpha value is -0.650. The van der Waals surface area contributed by atoms with Crippen LogP contribution in [0.1, 0.15) is 33.6 Å². The van der Waals surface area contributed by atoms with Crippen LogP contribution in [-0.2, 0) is 9.53 Å². The van der Waals surface area contributed by atoms with E-state index in [1.165, 1.54) is 0 Å². The number of nitrogens with zero attached hydrogens (tertiary/aromatic N) is 2. The van der Waals surface area contributed by atoms with Gasteiger partial charge in [-0.3, -0.25) is 9.69 Å². The first-order valence-corrected chi connectivity index (χ1v) is 7.32. The highest BCUT2D eigenvalue weighted by Gasteiger charge is 2.29. The zero-order chi connectivity index (χ0) is 14.3. The Labute approximate surface area is 117 Å². The number of piperazine rings is 1. The Balaban J connectivity index is 2.27. The van der Waals surface area contributed by atoms with Crippen LogP contribution in [0.5, 0.6) is 0 Å². The van der Waals surface area contributed by atoms with E-state index in [1.54, 1.807) is 0 Å². The Morgan fingerprint density at radius 3 is 2.37 bits per heavy atom. The fourth-order valence-electron chi connectivity index (χ4n) is 2.25. The monoisotopic (exact) mass is 271 g/mol. The number of hydrogen-bond donors (Lipinski definition) is 1. The summed E-state index contributed by atoms with van der Waals surface area (Å²) in [6.07, 6.45) is 1.50. The molecule has 1 aliphatic rings. The van der Waals surface area contributed by atoms with Crippen molar-refractivity contribution in [1.82, 2.24) is 9.80 Å². The first-order chi connectivity index (χ1) is 9.01. The first kappa shape index (κ1) is 16.4. The Morgan fingerprint density at radius 1 is 1.21 bits per heavy atom. The second kappa shape index (κ2) is 7.82. The second-order valence-corrected chi connectivity index (χ2v) is 5.75. The quantitative estimate of drug-likeness (QED) is 0.692. The van der Waals surface area contributed by atoms with Crippen molar-refractivity contribution in [2.75, 3.05) is 45.9 Å². The molecule has 0 atom stereocenters. The highest BCUT2D eigenvalue weighted by molar-refractivity contribution is 5.76. The fourth-order valence-corrected chi connectivity index (χ4v) is 2.25. The normalized spacial score (nSPS) is 17.8. The van der Waals surface area contributed by atoms with Crippen LogP contribution in [-0.4, -0.2) is 67.2 Å². The van der Waals surface area contributed by atoms with Gasteiger partial charge in [-0.2, -0.15) is 0 Å². The van der Waals surface area contributed by atoms with E-state index in [4.69, 9.17) is 10.5 Å². The summed E-state index contributed by atoms with van der Waals surface area (Å²) in [6.45, 7) is 11.7. The van der Waals surface area contributed by atoms with Gasteiger partial charge in [0.2, 0.25) is 5.91 Å². The summed E-state index contributed by atoms with van der Waals surface area (Å²) in [7, 11) is 0. The molecule has 112 valence electrons. The molecule has 2 N–H and O–H groups in total. The molecule has 0 aromatic heterocycles. The third-order valence-electron chi connectivity index (χ3n) is 3.80. The SMILES string of the molecule is CCCOCCC(=O)N1CCN(C(C)(C)CN)CC1. The molecule has 0 aromatic rings. The number of hydrogen-bond acceptors (Lipinski definition) is 4. The molecule has 1 fully saturated rings. The lowest BCUT2D eigenvalue weighted by Crippen LogP contribution is -2.58. The predicted molar refractivity (Wildman–Crippen MR) is 77.0 cm³/mol. The van der Waals surface area contributed by atoms with Crippen LogP contribution in [0.4, 0.5) is 0 Å². The van der Waals surface area contributed by atoms with Crippen molar-refractivity contribution in [1.29, 1.82) is 0 Å². The van der Waals surface area contributed by atoms with Crippen LogP contribution in [0.25, 0.3) is 0 Å². The van der Waals surface area contributed by atoms with Gasteiger partial charge in [0.05, 0.1) is 13.0 Å². The van der Waals surface area contributed by atoms with Gasteiger partial charge in [-0.05, 0) is 20.3 Å². The molecule has 0 aromatic carbocycles. The summed E-state index contributed by atoms with van der Waals surface area (Å²) in [4.78, 5) is 16.3. The summed E-state index contributed by atoms with van der Waals surface area (Å²) in [5.41, 5.74) is 5.81. The standard InChI is InChI=1S/C14H29N3O2/c1-4-10-19-11-5-13(18)16-6-8-17(9-7-16)14(2,3)12-15/h4-12,15H2,1-3H3. The van der Waals surface area contributed by atoms with Crippen LogP contribution in [0.2, 0.25) is 0 Å². The van der Waals surface area contributed by atoms with Gasteiger partial charge in [0.15, 0.2) is 0 Å². The van der Waals surface area contributed by atoms with Crippen molar-refractivity contribution in [3.05, 3.63) is 0 Å². The average molecular weight is 271 g/mol. The van der Waals surface area contributed by atoms with Crippen LogP contribution in [0.3, 0.4) is 0 Å². The molecule has 0 saturated carbocycles. The maximum absolute atomic E-state index is 12.0. The van der Waals surface area contributed by atoms with Gasteiger partial charge in [0.1, 0.15) is 0 Å². The molecule has 1 saturated heterocycles. The highest BCUT2D eigenvalue weighted by Crippen LogP contribution is 2.15. The lowest BCUT2D eigenvalue weighted by atomic mass is 10.0. The molecule has 0 aliphatic carbocycles. The third kappa shape index (κ3) is 5.09. The van der Waals surface area contributed by atoms with E-state index in [9.17, 15) is 4.79 Å². The average Bonchev–Trinajstić information content (AvgIpc) is 2.43. The van der Waals surface area contributed by atoms with Crippen LogP contribution in [0.15, 0.2) is 0 Å². The van der Waals surface area contributed by atoms with Gasteiger partial charge in [-0.1, -0.05) is 6.92 Å². The maximum Gasteiger partial charge on any atom is 0.224 e. The molecule has 0 bridgehead atoms. The minimum Gasteiger partial charge on any atom is -0.381 e. The lowest BCUT2D eigenvalue weighted by molar-refractivity contribution is -0.134. The number of ether oxygens (including phenoxy) is 1. The first-order valence-electron chi connectivity index (χ1n) is 7.32. The minimum absolute atomic E-state index is 0.0272. The number of amides is 1. The predicted octanol–water partition coefficient (Wildman–Crippen LogP) is 0.685. The largest absolute Gasteiger partial charge is 0.381 e. The molecule has 5 heteroatoms. The maximum atomic E-state index is 12.0. The van der Waals surface area contributed by atoms with Gasteiger partial charge >= 0.3 is 0 Å². The number of carbonyl (C=O) groups is 1. The smallest absolute Gasteiger partial charge is 0.224 e. The molecule has 0 radical (unpaired) electrons. The summed E-state index contributed by atoms with van der Waals surface area (Å²) >= 11 is 0. The van der Waals surface area contributed by atoms with Crippen molar-refractivity contribution in [3.8, 4) is 0 Å². The van der Waals surface area contributed by atoms with Crippen molar-refractivity contribution in [2.45, 2.75) is 39.2 Å². The Bertz CT molecular complexity index is 274. The van der Waals surface area contributed by atoms with Crippen LogP contribution in [0, 0.1) is 0 Å². The second-order valence-electron chi connectivity index (χ2n) is 5.75. The Morgan fingerprint density at radius 2 is 1.84 bits per heavy atom. The molecule has 19 heavy (non-hydrogen) atoms. The molecular formula is C14H29N3O2. The zero-order valence-corrected chi connectivity index (χ0v) is 12.7. The van der Waals surface area contributed by atoms with E-state index >= 15 is 0 Å². The van der Waals surface area contributed by atoms with Gasteiger partial charge < -0.3 is 15.4 Å². The number of rotatable bonds is 7. The van der Waals surface area contributed by atoms with Gasteiger partial charge in [-0.25, -0.2) is 0 Å². The van der Waals surface area contributed by atoms with Crippen LogP contribution < -0.4 is 5.73 Å². The Kier molecular flexibility index (Phi) is 6.75.